The summed E-state index contributed by atoms with van der Waals surface area (Å²) >= 11 is 7.59. The molecule has 1 atom stereocenters. The summed E-state index contributed by atoms with van der Waals surface area (Å²) in [5.74, 6) is 0.480. The molecule has 0 unspecified atom stereocenters. The molecular weight excluding hydrogens is 322 g/mol. The number of halogens is 1. The van der Waals surface area contributed by atoms with Crippen LogP contribution in [0.5, 0.6) is 0 Å². The molecule has 0 aromatic carbocycles. The second-order valence-corrected chi connectivity index (χ2v) is 7.68. The Morgan fingerprint density at radius 1 is 1.36 bits per heavy atom. The van der Waals surface area contributed by atoms with Crippen LogP contribution in [-0.4, -0.2) is 61.8 Å². The lowest BCUT2D eigenvalue weighted by molar-refractivity contribution is 0.134. The molecule has 0 aliphatic carbocycles. The number of amides is 2. The SMILES string of the molecule is O=C(NC[C@@H]1CCOC1)N1CCN(Cc2ccc(Cl)s2)CC1. The topological polar surface area (TPSA) is 44.8 Å². The number of carbonyl (C=O) groups is 1. The molecule has 0 saturated carbocycles. The van der Waals surface area contributed by atoms with Gasteiger partial charge in [0.25, 0.3) is 0 Å². The van der Waals surface area contributed by atoms with E-state index in [2.05, 4.69) is 16.3 Å². The van der Waals surface area contributed by atoms with Crippen LogP contribution in [0, 0.1) is 5.92 Å². The lowest BCUT2D eigenvalue weighted by Gasteiger charge is -2.34. The summed E-state index contributed by atoms with van der Waals surface area (Å²) in [5, 5.41) is 3.04. The minimum atomic E-state index is 0.0609. The van der Waals surface area contributed by atoms with Gasteiger partial charge in [0, 0.05) is 56.7 Å². The third-order valence-corrected chi connectivity index (χ3v) is 5.45. The number of urea groups is 1. The summed E-state index contributed by atoms with van der Waals surface area (Å²) in [6.07, 6.45) is 1.05. The van der Waals surface area contributed by atoms with Crippen molar-refractivity contribution in [3.8, 4) is 0 Å². The molecule has 1 aromatic rings. The molecule has 0 spiro atoms. The molecule has 22 heavy (non-hydrogen) atoms. The molecule has 3 rings (SSSR count). The minimum Gasteiger partial charge on any atom is -0.381 e. The first-order valence-electron chi connectivity index (χ1n) is 7.78. The highest BCUT2D eigenvalue weighted by Gasteiger charge is 2.23. The van der Waals surface area contributed by atoms with E-state index in [1.54, 1.807) is 11.3 Å². The van der Waals surface area contributed by atoms with Crippen molar-refractivity contribution < 1.29 is 9.53 Å². The van der Waals surface area contributed by atoms with Gasteiger partial charge in [-0.25, -0.2) is 4.79 Å². The molecule has 0 radical (unpaired) electrons. The highest BCUT2D eigenvalue weighted by Crippen LogP contribution is 2.23. The number of piperazine rings is 1. The molecule has 1 N–H and O–H groups in total. The maximum Gasteiger partial charge on any atom is 0.317 e. The average molecular weight is 344 g/mol. The lowest BCUT2D eigenvalue weighted by Crippen LogP contribution is -2.52. The van der Waals surface area contributed by atoms with Crippen molar-refractivity contribution in [2.45, 2.75) is 13.0 Å². The van der Waals surface area contributed by atoms with E-state index in [4.69, 9.17) is 16.3 Å². The molecule has 5 nitrogen and oxygen atoms in total. The van der Waals surface area contributed by atoms with Gasteiger partial charge >= 0.3 is 6.03 Å². The van der Waals surface area contributed by atoms with Crippen LogP contribution < -0.4 is 5.32 Å². The molecule has 0 bridgehead atoms. The fourth-order valence-corrected chi connectivity index (χ4v) is 3.98. The Hall–Kier alpha value is -0.820. The van der Waals surface area contributed by atoms with Crippen LogP contribution in [0.4, 0.5) is 4.79 Å². The van der Waals surface area contributed by atoms with Crippen molar-refractivity contribution in [2.24, 2.45) is 5.92 Å². The monoisotopic (exact) mass is 343 g/mol. The second kappa shape index (κ2) is 7.64. The first-order valence-corrected chi connectivity index (χ1v) is 8.97. The molecular formula is C15H22ClN3O2S. The Morgan fingerprint density at radius 2 is 2.18 bits per heavy atom. The average Bonchev–Trinajstić information content (AvgIpc) is 3.17. The molecule has 2 aliphatic rings. The van der Waals surface area contributed by atoms with Crippen LogP contribution in [0.15, 0.2) is 12.1 Å². The number of nitrogens with zero attached hydrogens (tertiary/aromatic N) is 2. The zero-order chi connectivity index (χ0) is 15.4. The Bertz CT molecular complexity index is 497. The lowest BCUT2D eigenvalue weighted by atomic mass is 10.1. The van der Waals surface area contributed by atoms with E-state index >= 15 is 0 Å². The van der Waals surface area contributed by atoms with Crippen LogP contribution >= 0.6 is 22.9 Å². The quantitative estimate of drug-likeness (QED) is 0.912. The highest BCUT2D eigenvalue weighted by molar-refractivity contribution is 7.16. The zero-order valence-corrected chi connectivity index (χ0v) is 14.2. The van der Waals surface area contributed by atoms with E-state index < -0.39 is 0 Å². The number of hydrogen-bond donors (Lipinski definition) is 1. The Balaban J connectivity index is 1.38. The maximum absolute atomic E-state index is 12.2. The largest absolute Gasteiger partial charge is 0.381 e. The number of rotatable bonds is 4. The number of nitrogens with one attached hydrogen (secondary N) is 1. The van der Waals surface area contributed by atoms with Gasteiger partial charge in [-0.1, -0.05) is 11.6 Å². The summed E-state index contributed by atoms with van der Waals surface area (Å²) in [5.41, 5.74) is 0. The van der Waals surface area contributed by atoms with Crippen LogP contribution in [0.1, 0.15) is 11.3 Å². The van der Waals surface area contributed by atoms with Crippen molar-refractivity contribution in [3.05, 3.63) is 21.3 Å². The van der Waals surface area contributed by atoms with E-state index in [1.807, 2.05) is 11.0 Å². The molecule has 3 heterocycles. The van der Waals surface area contributed by atoms with Gasteiger partial charge in [0.1, 0.15) is 0 Å². The summed E-state index contributed by atoms with van der Waals surface area (Å²) in [6.45, 7) is 6.64. The van der Waals surface area contributed by atoms with E-state index in [0.29, 0.717) is 5.92 Å². The third-order valence-electron chi connectivity index (χ3n) is 4.23. The Labute approximate surface area is 140 Å². The molecule has 1 aromatic heterocycles. The highest BCUT2D eigenvalue weighted by atomic mass is 35.5. The maximum atomic E-state index is 12.2. The van der Waals surface area contributed by atoms with Crippen molar-refractivity contribution in [1.29, 1.82) is 0 Å². The van der Waals surface area contributed by atoms with Crippen molar-refractivity contribution in [3.63, 3.8) is 0 Å². The molecule has 2 saturated heterocycles. The summed E-state index contributed by atoms with van der Waals surface area (Å²) < 4.78 is 6.16. The summed E-state index contributed by atoms with van der Waals surface area (Å²) in [7, 11) is 0. The van der Waals surface area contributed by atoms with Crippen LogP contribution in [-0.2, 0) is 11.3 Å². The first-order chi connectivity index (χ1) is 10.7. The van der Waals surface area contributed by atoms with Crippen LogP contribution in [0.25, 0.3) is 0 Å². The number of thiophene rings is 1. The van der Waals surface area contributed by atoms with E-state index in [-0.39, 0.29) is 6.03 Å². The normalized spacial score (nSPS) is 23.0. The van der Waals surface area contributed by atoms with Crippen molar-refractivity contribution in [1.82, 2.24) is 15.1 Å². The van der Waals surface area contributed by atoms with Gasteiger partial charge in [-0.2, -0.15) is 0 Å². The first kappa shape index (κ1) is 16.1. The summed E-state index contributed by atoms with van der Waals surface area (Å²) in [6, 6.07) is 4.08. The molecule has 122 valence electrons. The van der Waals surface area contributed by atoms with E-state index in [1.165, 1.54) is 4.88 Å². The van der Waals surface area contributed by atoms with Gasteiger partial charge in [-0.05, 0) is 18.6 Å². The van der Waals surface area contributed by atoms with Gasteiger partial charge < -0.3 is 15.0 Å². The van der Waals surface area contributed by atoms with Crippen molar-refractivity contribution >= 4 is 29.0 Å². The smallest absolute Gasteiger partial charge is 0.317 e. The standard InChI is InChI=1S/C15H22ClN3O2S/c16-14-2-1-13(22-14)10-18-4-6-19(7-5-18)15(20)17-9-12-3-8-21-11-12/h1-2,12H,3-11H2,(H,17,20)/t12-/m0/s1. The number of hydrogen-bond acceptors (Lipinski definition) is 4. The fraction of sp³-hybridized carbons (Fsp3) is 0.667. The van der Waals surface area contributed by atoms with E-state index in [9.17, 15) is 4.79 Å². The van der Waals surface area contributed by atoms with Crippen LogP contribution in [0.2, 0.25) is 4.34 Å². The van der Waals surface area contributed by atoms with E-state index in [0.717, 1.165) is 63.2 Å². The zero-order valence-electron chi connectivity index (χ0n) is 12.6. The molecule has 2 amide bonds. The van der Waals surface area contributed by atoms with Gasteiger partial charge in [0.15, 0.2) is 0 Å². The number of ether oxygens (including phenoxy) is 1. The predicted molar refractivity (Wildman–Crippen MR) is 88.5 cm³/mol. The Kier molecular flexibility index (Phi) is 5.57. The summed E-state index contributed by atoms with van der Waals surface area (Å²) in [4.78, 5) is 17.7. The third kappa shape index (κ3) is 4.35. The molecule has 7 heteroatoms. The predicted octanol–water partition coefficient (Wildman–Crippen LogP) is 2.27. The van der Waals surface area contributed by atoms with Gasteiger partial charge in [-0.15, -0.1) is 11.3 Å². The molecule has 2 aliphatic heterocycles. The van der Waals surface area contributed by atoms with Gasteiger partial charge in [0.2, 0.25) is 0 Å². The van der Waals surface area contributed by atoms with Crippen molar-refractivity contribution in [2.75, 3.05) is 45.9 Å². The van der Waals surface area contributed by atoms with Gasteiger partial charge in [-0.3, -0.25) is 4.90 Å². The minimum absolute atomic E-state index is 0.0609. The Morgan fingerprint density at radius 3 is 2.82 bits per heavy atom. The molecule has 2 fully saturated rings. The number of carbonyl (C=O) groups excluding carboxylic acids is 1. The van der Waals surface area contributed by atoms with Crippen LogP contribution in [0.3, 0.4) is 0 Å². The second-order valence-electron chi connectivity index (χ2n) is 5.88. The fourth-order valence-electron chi connectivity index (χ4n) is 2.85. The van der Waals surface area contributed by atoms with Gasteiger partial charge in [0.05, 0.1) is 10.9 Å².